The number of aliphatic hydroxyl groups excluding tert-OH is 1. The van der Waals surface area contributed by atoms with E-state index < -0.39 is 11.7 Å². The van der Waals surface area contributed by atoms with E-state index in [1.54, 1.807) is 26.4 Å². The highest BCUT2D eigenvalue weighted by Gasteiger charge is 2.30. The van der Waals surface area contributed by atoms with Crippen molar-refractivity contribution in [1.29, 1.82) is 0 Å². The molecular formula is C14H22O4. The molecule has 0 amide bonds. The molecule has 0 saturated carbocycles. The molecule has 4 nitrogen and oxygen atoms in total. The van der Waals surface area contributed by atoms with E-state index in [4.69, 9.17) is 14.2 Å². The van der Waals surface area contributed by atoms with Gasteiger partial charge in [-0.05, 0) is 38.5 Å². The van der Waals surface area contributed by atoms with Crippen LogP contribution in [-0.4, -0.2) is 31.5 Å². The molecule has 0 aliphatic heterocycles. The first-order valence-corrected chi connectivity index (χ1v) is 6.00. The highest BCUT2D eigenvalue weighted by Crippen LogP contribution is 2.34. The molecule has 0 fully saturated rings. The first-order valence-electron chi connectivity index (χ1n) is 6.00. The third-order valence-corrected chi connectivity index (χ3v) is 2.90. The van der Waals surface area contributed by atoms with Gasteiger partial charge in [-0.1, -0.05) is 6.07 Å². The fourth-order valence-electron chi connectivity index (χ4n) is 1.88. The molecule has 1 rings (SSSR count). The Hall–Kier alpha value is -1.26. The highest BCUT2D eigenvalue weighted by molar-refractivity contribution is 5.43. The van der Waals surface area contributed by atoms with Crippen molar-refractivity contribution in [3.63, 3.8) is 0 Å². The van der Waals surface area contributed by atoms with Crippen LogP contribution in [-0.2, 0) is 4.74 Å². The average molecular weight is 254 g/mol. The summed E-state index contributed by atoms with van der Waals surface area (Å²) in [4.78, 5) is 0. The maximum absolute atomic E-state index is 10.3. The Balaban J connectivity index is 3.03. The van der Waals surface area contributed by atoms with Crippen molar-refractivity contribution in [1.82, 2.24) is 0 Å². The lowest BCUT2D eigenvalue weighted by Gasteiger charge is -2.30. The van der Waals surface area contributed by atoms with Gasteiger partial charge < -0.3 is 19.3 Å². The number of hydrogen-bond donors (Lipinski definition) is 1. The summed E-state index contributed by atoms with van der Waals surface area (Å²) in [7, 11) is 3.15. The summed E-state index contributed by atoms with van der Waals surface area (Å²) in [5.74, 6) is 1.24. The normalized spacial score (nSPS) is 13.2. The first kappa shape index (κ1) is 14.8. The lowest BCUT2D eigenvalue weighted by Crippen LogP contribution is -2.32. The Morgan fingerprint density at radius 2 is 1.78 bits per heavy atom. The van der Waals surface area contributed by atoms with Crippen LogP contribution in [0.4, 0.5) is 0 Å². The molecule has 1 atom stereocenters. The second kappa shape index (κ2) is 6.07. The van der Waals surface area contributed by atoms with Crippen molar-refractivity contribution < 1.29 is 19.3 Å². The first-order chi connectivity index (χ1) is 8.46. The van der Waals surface area contributed by atoms with E-state index in [0.29, 0.717) is 18.1 Å². The SMILES string of the molecule is CCOC(C)(C)C(O)c1ccc(OC)c(OC)c1. The molecule has 0 spiro atoms. The molecule has 18 heavy (non-hydrogen) atoms. The maximum Gasteiger partial charge on any atom is 0.161 e. The number of aliphatic hydroxyl groups is 1. The molecule has 0 aliphatic rings. The largest absolute Gasteiger partial charge is 0.493 e. The second-order valence-corrected chi connectivity index (χ2v) is 4.55. The van der Waals surface area contributed by atoms with E-state index in [1.165, 1.54) is 0 Å². The second-order valence-electron chi connectivity index (χ2n) is 4.55. The zero-order chi connectivity index (χ0) is 13.8. The van der Waals surface area contributed by atoms with Crippen LogP contribution in [0, 0.1) is 0 Å². The number of rotatable bonds is 6. The molecule has 1 aromatic rings. The molecule has 0 heterocycles. The zero-order valence-corrected chi connectivity index (χ0v) is 11.7. The van der Waals surface area contributed by atoms with E-state index >= 15 is 0 Å². The van der Waals surface area contributed by atoms with Gasteiger partial charge in [-0.15, -0.1) is 0 Å². The van der Waals surface area contributed by atoms with Gasteiger partial charge in [0.05, 0.1) is 19.8 Å². The van der Waals surface area contributed by atoms with Gasteiger partial charge in [0.1, 0.15) is 6.10 Å². The molecule has 0 saturated heterocycles. The summed E-state index contributed by atoms with van der Waals surface area (Å²) in [5, 5.41) is 10.3. The molecule has 0 bridgehead atoms. The van der Waals surface area contributed by atoms with Crippen molar-refractivity contribution in [2.24, 2.45) is 0 Å². The van der Waals surface area contributed by atoms with Crippen molar-refractivity contribution in [2.75, 3.05) is 20.8 Å². The molecular weight excluding hydrogens is 232 g/mol. The third kappa shape index (κ3) is 3.15. The Morgan fingerprint density at radius 3 is 2.28 bits per heavy atom. The van der Waals surface area contributed by atoms with Crippen LogP contribution in [0.25, 0.3) is 0 Å². The lowest BCUT2D eigenvalue weighted by atomic mass is 9.94. The predicted octanol–water partition coefficient (Wildman–Crippen LogP) is 2.55. The smallest absolute Gasteiger partial charge is 0.161 e. The van der Waals surface area contributed by atoms with Crippen LogP contribution < -0.4 is 9.47 Å². The van der Waals surface area contributed by atoms with Crippen LogP contribution in [0.5, 0.6) is 11.5 Å². The zero-order valence-electron chi connectivity index (χ0n) is 11.7. The van der Waals surface area contributed by atoms with Crippen LogP contribution >= 0.6 is 0 Å². The van der Waals surface area contributed by atoms with Gasteiger partial charge in [-0.25, -0.2) is 0 Å². The van der Waals surface area contributed by atoms with Crippen LogP contribution in [0.3, 0.4) is 0 Å². The Morgan fingerprint density at radius 1 is 1.17 bits per heavy atom. The van der Waals surface area contributed by atoms with Crippen molar-refractivity contribution >= 4 is 0 Å². The predicted molar refractivity (Wildman–Crippen MR) is 70.2 cm³/mol. The summed E-state index contributed by atoms with van der Waals surface area (Å²) in [6, 6.07) is 5.36. The van der Waals surface area contributed by atoms with Crippen molar-refractivity contribution in [3.05, 3.63) is 23.8 Å². The third-order valence-electron chi connectivity index (χ3n) is 2.90. The molecule has 1 aromatic carbocycles. The van der Waals surface area contributed by atoms with E-state index in [9.17, 15) is 5.11 Å². The summed E-state index contributed by atoms with van der Waals surface area (Å²) in [6.45, 7) is 6.18. The fraction of sp³-hybridized carbons (Fsp3) is 0.571. The molecule has 102 valence electrons. The monoisotopic (exact) mass is 254 g/mol. The van der Waals surface area contributed by atoms with Crippen molar-refractivity contribution in [3.8, 4) is 11.5 Å². The van der Waals surface area contributed by atoms with Gasteiger partial charge in [-0.2, -0.15) is 0 Å². The molecule has 0 aliphatic carbocycles. The summed E-state index contributed by atoms with van der Waals surface area (Å²) in [6.07, 6.45) is -0.725. The molecule has 4 heteroatoms. The molecule has 0 radical (unpaired) electrons. The number of methoxy groups -OCH3 is 2. The van der Waals surface area contributed by atoms with E-state index in [-0.39, 0.29) is 0 Å². The lowest BCUT2D eigenvalue weighted by molar-refractivity contribution is -0.0983. The van der Waals surface area contributed by atoms with Crippen LogP contribution in [0.1, 0.15) is 32.4 Å². The summed E-state index contributed by atoms with van der Waals surface area (Å²) >= 11 is 0. The van der Waals surface area contributed by atoms with Crippen molar-refractivity contribution in [2.45, 2.75) is 32.5 Å². The van der Waals surface area contributed by atoms with Gasteiger partial charge in [0.25, 0.3) is 0 Å². The van der Waals surface area contributed by atoms with Gasteiger partial charge in [0, 0.05) is 6.61 Å². The van der Waals surface area contributed by atoms with E-state index in [2.05, 4.69) is 0 Å². The number of hydrogen-bond acceptors (Lipinski definition) is 4. The standard InChI is InChI=1S/C14H22O4/c1-6-18-14(2,3)13(15)10-7-8-11(16-4)12(9-10)17-5/h7-9,13,15H,6H2,1-5H3. The molecule has 1 N–H and O–H groups in total. The molecule has 0 aromatic heterocycles. The Bertz CT molecular complexity index is 387. The minimum Gasteiger partial charge on any atom is -0.493 e. The highest BCUT2D eigenvalue weighted by atomic mass is 16.5. The Labute approximate surface area is 108 Å². The fourth-order valence-corrected chi connectivity index (χ4v) is 1.88. The number of ether oxygens (including phenoxy) is 3. The van der Waals surface area contributed by atoms with Crippen LogP contribution in [0.15, 0.2) is 18.2 Å². The van der Waals surface area contributed by atoms with Crippen LogP contribution in [0.2, 0.25) is 0 Å². The van der Waals surface area contributed by atoms with Gasteiger partial charge in [-0.3, -0.25) is 0 Å². The van der Waals surface area contributed by atoms with E-state index in [0.717, 1.165) is 5.56 Å². The average Bonchev–Trinajstić information content (AvgIpc) is 2.36. The van der Waals surface area contributed by atoms with E-state index in [1.807, 2.05) is 26.8 Å². The summed E-state index contributed by atoms with van der Waals surface area (Å²) < 4.78 is 15.9. The maximum atomic E-state index is 10.3. The summed E-state index contributed by atoms with van der Waals surface area (Å²) in [5.41, 5.74) is 0.0973. The Kier molecular flexibility index (Phi) is 4.99. The molecule has 1 unspecified atom stereocenters. The minimum atomic E-state index is -0.725. The topological polar surface area (TPSA) is 47.9 Å². The minimum absolute atomic E-state index is 0.553. The van der Waals surface area contributed by atoms with Gasteiger partial charge in [0.2, 0.25) is 0 Å². The number of benzene rings is 1. The van der Waals surface area contributed by atoms with Gasteiger partial charge >= 0.3 is 0 Å². The quantitative estimate of drug-likeness (QED) is 0.847. The van der Waals surface area contributed by atoms with Gasteiger partial charge in [0.15, 0.2) is 11.5 Å².